The van der Waals surface area contributed by atoms with Crippen molar-refractivity contribution in [2.75, 3.05) is 31.7 Å². The molecule has 0 spiro atoms. The number of benzene rings is 1. The first-order chi connectivity index (χ1) is 14.7. The number of likely N-dealkylation sites (tertiary alicyclic amines) is 1. The lowest BCUT2D eigenvalue weighted by molar-refractivity contribution is -0.146. The van der Waals surface area contributed by atoms with Gasteiger partial charge in [0.1, 0.15) is 12.1 Å². The van der Waals surface area contributed by atoms with E-state index < -0.39 is 6.10 Å². The van der Waals surface area contributed by atoms with Crippen LogP contribution in [0.25, 0.3) is 0 Å². The summed E-state index contributed by atoms with van der Waals surface area (Å²) in [5, 5.41) is 0. The Labute approximate surface area is 177 Å². The molecule has 30 heavy (non-hydrogen) atoms. The Morgan fingerprint density at radius 1 is 1.13 bits per heavy atom. The second-order valence-corrected chi connectivity index (χ2v) is 8.31. The summed E-state index contributed by atoms with van der Waals surface area (Å²) in [6.45, 7) is 2.10. The van der Waals surface area contributed by atoms with Crippen LogP contribution in [0.3, 0.4) is 0 Å². The molecule has 1 aromatic carbocycles. The van der Waals surface area contributed by atoms with E-state index in [4.69, 9.17) is 9.47 Å². The minimum atomic E-state index is -0.461. The van der Waals surface area contributed by atoms with Crippen LogP contribution in [0, 0.1) is 0 Å². The van der Waals surface area contributed by atoms with Crippen molar-refractivity contribution in [1.29, 1.82) is 0 Å². The van der Waals surface area contributed by atoms with E-state index in [1.54, 1.807) is 13.4 Å². The highest BCUT2D eigenvalue weighted by Crippen LogP contribution is 2.36. The summed E-state index contributed by atoms with van der Waals surface area (Å²) in [6, 6.07) is 11.0. The first kappa shape index (κ1) is 19.3. The maximum absolute atomic E-state index is 13.2. The number of rotatable bonds is 5. The molecule has 7 nitrogen and oxygen atoms in total. The van der Waals surface area contributed by atoms with E-state index in [9.17, 15) is 4.79 Å². The summed E-state index contributed by atoms with van der Waals surface area (Å²) in [5.41, 5.74) is 2.26. The average molecular weight is 409 g/mol. The first-order valence-corrected chi connectivity index (χ1v) is 10.9. The van der Waals surface area contributed by atoms with Gasteiger partial charge in [0, 0.05) is 31.2 Å². The number of carbonyl (C=O) groups excluding carboxylic acids is 1. The quantitative estimate of drug-likeness (QED) is 0.758. The van der Waals surface area contributed by atoms with Crippen LogP contribution in [0.1, 0.15) is 42.9 Å². The third-order valence-corrected chi connectivity index (χ3v) is 6.43. The average Bonchev–Trinajstić information content (AvgIpc) is 3.64. The van der Waals surface area contributed by atoms with Crippen LogP contribution in [0.5, 0.6) is 5.88 Å². The summed E-state index contributed by atoms with van der Waals surface area (Å²) in [7, 11) is 1.63. The molecule has 7 heteroatoms. The molecule has 0 radical (unpaired) electrons. The molecule has 5 rings (SSSR count). The Balaban J connectivity index is 1.27. The van der Waals surface area contributed by atoms with Crippen LogP contribution in [0.4, 0.5) is 5.82 Å². The fraction of sp³-hybridized carbons (Fsp3) is 0.522. The molecular formula is C23H28N4O3. The molecule has 3 heterocycles. The maximum atomic E-state index is 13.2. The van der Waals surface area contributed by atoms with Gasteiger partial charge in [0.15, 0.2) is 6.10 Å². The third kappa shape index (κ3) is 3.74. The molecule has 2 aliphatic heterocycles. The van der Waals surface area contributed by atoms with E-state index in [0.29, 0.717) is 24.6 Å². The largest absolute Gasteiger partial charge is 0.481 e. The number of fused-ring (bicyclic) bond motifs is 1. The van der Waals surface area contributed by atoms with E-state index in [2.05, 4.69) is 20.9 Å². The lowest BCUT2D eigenvalue weighted by atomic mass is 9.95. The zero-order chi connectivity index (χ0) is 20.5. The second-order valence-electron chi connectivity index (χ2n) is 8.31. The lowest BCUT2D eigenvalue weighted by Gasteiger charge is -2.40. The summed E-state index contributed by atoms with van der Waals surface area (Å²) in [4.78, 5) is 26.3. The van der Waals surface area contributed by atoms with E-state index in [1.165, 1.54) is 18.4 Å². The molecule has 158 valence electrons. The van der Waals surface area contributed by atoms with Crippen molar-refractivity contribution in [3.8, 4) is 5.88 Å². The van der Waals surface area contributed by atoms with Gasteiger partial charge >= 0.3 is 0 Å². The van der Waals surface area contributed by atoms with Crippen molar-refractivity contribution in [3.05, 3.63) is 47.8 Å². The van der Waals surface area contributed by atoms with Gasteiger partial charge < -0.3 is 19.3 Å². The summed E-state index contributed by atoms with van der Waals surface area (Å²) >= 11 is 0. The maximum Gasteiger partial charge on any atom is 0.256 e. The number of methoxy groups -OCH3 is 1. The number of aromatic nitrogens is 2. The van der Waals surface area contributed by atoms with Crippen molar-refractivity contribution >= 4 is 11.7 Å². The van der Waals surface area contributed by atoms with Crippen LogP contribution in [0.2, 0.25) is 0 Å². The normalized spacial score (nSPS) is 21.8. The van der Waals surface area contributed by atoms with Crippen molar-refractivity contribution in [2.24, 2.45) is 0 Å². The van der Waals surface area contributed by atoms with Crippen LogP contribution >= 0.6 is 0 Å². The predicted octanol–water partition coefficient (Wildman–Crippen LogP) is 2.76. The summed E-state index contributed by atoms with van der Waals surface area (Å²) in [6.07, 6.45) is 6.24. The summed E-state index contributed by atoms with van der Waals surface area (Å²) in [5.74, 6) is 1.62. The third-order valence-electron chi connectivity index (χ3n) is 6.43. The molecule has 1 amide bonds. The number of nitrogens with zero attached hydrogens (tertiary/aromatic N) is 4. The van der Waals surface area contributed by atoms with Gasteiger partial charge in [-0.2, -0.15) is 0 Å². The Hall–Kier alpha value is -2.67. The molecule has 0 N–H and O–H groups in total. The van der Waals surface area contributed by atoms with Crippen molar-refractivity contribution < 1.29 is 14.3 Å². The number of carbonyl (C=O) groups is 1. The number of hydrogen-bond acceptors (Lipinski definition) is 6. The second kappa shape index (κ2) is 8.22. The van der Waals surface area contributed by atoms with Crippen LogP contribution in [-0.4, -0.2) is 59.7 Å². The fourth-order valence-corrected chi connectivity index (χ4v) is 4.74. The monoisotopic (exact) mass is 408 g/mol. The Morgan fingerprint density at radius 2 is 1.90 bits per heavy atom. The topological polar surface area (TPSA) is 67.8 Å². The number of piperidine rings is 1. The zero-order valence-corrected chi connectivity index (χ0v) is 17.4. The fourth-order valence-electron chi connectivity index (χ4n) is 4.74. The molecule has 1 aromatic heterocycles. The van der Waals surface area contributed by atoms with Gasteiger partial charge in [-0.3, -0.25) is 4.79 Å². The molecule has 0 bridgehead atoms. The van der Waals surface area contributed by atoms with E-state index >= 15 is 0 Å². The van der Waals surface area contributed by atoms with Gasteiger partial charge in [-0.15, -0.1) is 0 Å². The van der Waals surface area contributed by atoms with Crippen molar-refractivity contribution in [2.45, 2.75) is 50.3 Å². The number of anilines is 1. The molecule has 3 aliphatic rings. The highest BCUT2D eigenvalue weighted by atomic mass is 16.5. The molecule has 1 saturated heterocycles. The minimum absolute atomic E-state index is 0.0993. The van der Waals surface area contributed by atoms with Gasteiger partial charge in [0.2, 0.25) is 5.88 Å². The molecule has 2 aromatic rings. The smallest absolute Gasteiger partial charge is 0.256 e. The molecule has 1 atom stereocenters. The van der Waals surface area contributed by atoms with Gasteiger partial charge in [-0.1, -0.05) is 24.3 Å². The SMILES string of the molecule is COc1cc(N(C2CC2)C2CCN(C(=O)C3OCCc4ccccc43)CC2)ncn1. The molecule has 1 aliphatic carbocycles. The Kier molecular flexibility index (Phi) is 5.29. The van der Waals surface area contributed by atoms with Crippen LogP contribution < -0.4 is 9.64 Å². The lowest BCUT2D eigenvalue weighted by Crippen LogP contribution is -2.49. The van der Waals surface area contributed by atoms with E-state index in [1.807, 2.05) is 29.2 Å². The highest BCUT2D eigenvalue weighted by molar-refractivity contribution is 5.83. The number of amides is 1. The Bertz CT molecular complexity index is 909. The zero-order valence-electron chi connectivity index (χ0n) is 17.4. The molecule has 1 unspecified atom stereocenters. The molecule has 2 fully saturated rings. The predicted molar refractivity (Wildman–Crippen MR) is 113 cm³/mol. The molecular weight excluding hydrogens is 380 g/mol. The highest BCUT2D eigenvalue weighted by Gasteiger charge is 2.39. The standard InChI is InChI=1S/C23H28N4O3/c1-29-21-14-20(24-15-25-21)27(17-6-7-17)18-8-11-26(12-9-18)23(28)22-19-5-3-2-4-16(19)10-13-30-22/h2-5,14-15,17-18,22H,6-13H2,1H3. The first-order valence-electron chi connectivity index (χ1n) is 10.9. The van der Waals surface area contributed by atoms with Crippen molar-refractivity contribution in [3.63, 3.8) is 0 Å². The van der Waals surface area contributed by atoms with Gasteiger partial charge in [-0.05, 0) is 43.2 Å². The number of ether oxygens (including phenoxy) is 2. The van der Waals surface area contributed by atoms with Crippen LogP contribution in [0.15, 0.2) is 36.7 Å². The van der Waals surface area contributed by atoms with E-state index in [0.717, 1.165) is 43.7 Å². The van der Waals surface area contributed by atoms with Crippen molar-refractivity contribution in [1.82, 2.24) is 14.9 Å². The Morgan fingerprint density at radius 3 is 2.67 bits per heavy atom. The van der Waals surface area contributed by atoms with Crippen LogP contribution in [-0.2, 0) is 16.0 Å². The summed E-state index contributed by atoms with van der Waals surface area (Å²) < 4.78 is 11.2. The van der Waals surface area contributed by atoms with Gasteiger partial charge in [0.05, 0.1) is 13.7 Å². The number of hydrogen-bond donors (Lipinski definition) is 0. The minimum Gasteiger partial charge on any atom is -0.481 e. The van der Waals surface area contributed by atoms with E-state index in [-0.39, 0.29) is 5.91 Å². The molecule has 1 saturated carbocycles. The van der Waals surface area contributed by atoms with Gasteiger partial charge in [0.25, 0.3) is 5.91 Å². The van der Waals surface area contributed by atoms with Gasteiger partial charge in [-0.25, -0.2) is 9.97 Å².